The van der Waals surface area contributed by atoms with Crippen LogP contribution in [0.25, 0.3) is 0 Å². The molecule has 1 amide bonds. The first-order chi connectivity index (χ1) is 7.63. The van der Waals surface area contributed by atoms with Crippen molar-refractivity contribution in [3.63, 3.8) is 0 Å². The van der Waals surface area contributed by atoms with Gasteiger partial charge in [-0.1, -0.05) is 22.9 Å². The van der Waals surface area contributed by atoms with Crippen molar-refractivity contribution in [3.8, 4) is 0 Å². The molecule has 0 radical (unpaired) electrons. The van der Waals surface area contributed by atoms with Gasteiger partial charge in [-0.05, 0) is 30.8 Å². The number of nitrogens with two attached hydrogens (primary N) is 1. The van der Waals surface area contributed by atoms with Gasteiger partial charge in [0.2, 0.25) is 5.91 Å². The standard InChI is InChI=1S/C11H15BrN2OS/c1-2-14-10(11(13)15)7-16-9-5-3-8(12)4-6-9/h3-6,10,14H,2,7H2,1H3,(H2,13,15). The number of thioether (sulfide) groups is 1. The molecule has 0 aromatic heterocycles. The topological polar surface area (TPSA) is 55.1 Å². The molecule has 1 rings (SSSR count). The van der Waals surface area contributed by atoms with E-state index in [0.29, 0.717) is 5.75 Å². The third kappa shape index (κ3) is 4.55. The monoisotopic (exact) mass is 302 g/mol. The smallest absolute Gasteiger partial charge is 0.235 e. The third-order valence-electron chi connectivity index (χ3n) is 2.02. The van der Waals surface area contributed by atoms with Gasteiger partial charge in [0.25, 0.3) is 0 Å². The van der Waals surface area contributed by atoms with Crippen LogP contribution < -0.4 is 11.1 Å². The van der Waals surface area contributed by atoms with Crippen LogP contribution in [0.5, 0.6) is 0 Å². The van der Waals surface area contributed by atoms with Crippen LogP contribution in [0.2, 0.25) is 0 Å². The molecular formula is C11H15BrN2OS. The Balaban J connectivity index is 2.48. The molecule has 0 saturated heterocycles. The summed E-state index contributed by atoms with van der Waals surface area (Å²) in [6.45, 7) is 2.70. The van der Waals surface area contributed by atoms with Gasteiger partial charge in [0, 0.05) is 15.1 Å². The van der Waals surface area contributed by atoms with Gasteiger partial charge in [-0.15, -0.1) is 11.8 Å². The minimum absolute atomic E-state index is 0.265. The summed E-state index contributed by atoms with van der Waals surface area (Å²) in [6.07, 6.45) is 0. The Hall–Kier alpha value is -0.520. The summed E-state index contributed by atoms with van der Waals surface area (Å²) in [6, 6.07) is 7.72. The predicted octanol–water partition coefficient (Wildman–Crippen LogP) is 2.00. The van der Waals surface area contributed by atoms with E-state index in [9.17, 15) is 4.79 Å². The van der Waals surface area contributed by atoms with Gasteiger partial charge in [-0.3, -0.25) is 4.79 Å². The molecule has 0 aliphatic rings. The van der Waals surface area contributed by atoms with Crippen molar-refractivity contribution < 1.29 is 4.79 Å². The molecule has 3 nitrogen and oxygen atoms in total. The number of hydrogen-bond acceptors (Lipinski definition) is 3. The van der Waals surface area contributed by atoms with Crippen molar-refractivity contribution in [2.24, 2.45) is 5.73 Å². The highest BCUT2D eigenvalue weighted by Crippen LogP contribution is 2.21. The minimum atomic E-state index is -0.300. The Labute approximate surface area is 108 Å². The van der Waals surface area contributed by atoms with Crippen LogP contribution in [0.4, 0.5) is 0 Å². The van der Waals surface area contributed by atoms with Gasteiger partial charge in [-0.25, -0.2) is 0 Å². The first-order valence-corrected chi connectivity index (χ1v) is 6.82. The number of hydrogen-bond donors (Lipinski definition) is 2. The highest BCUT2D eigenvalue weighted by molar-refractivity contribution is 9.10. The maximum atomic E-state index is 11.1. The summed E-state index contributed by atoms with van der Waals surface area (Å²) in [5.74, 6) is 0.358. The lowest BCUT2D eigenvalue weighted by Gasteiger charge is -2.13. The number of rotatable bonds is 6. The molecular weight excluding hydrogens is 288 g/mol. The predicted molar refractivity (Wildman–Crippen MR) is 71.5 cm³/mol. The van der Waals surface area contributed by atoms with Gasteiger partial charge < -0.3 is 11.1 Å². The summed E-state index contributed by atoms with van der Waals surface area (Å²) < 4.78 is 1.05. The number of likely N-dealkylation sites (N-methyl/N-ethyl adjacent to an activating group) is 1. The quantitative estimate of drug-likeness (QED) is 0.790. The fourth-order valence-electron chi connectivity index (χ4n) is 1.20. The number of carbonyl (C=O) groups excluding carboxylic acids is 1. The second-order valence-corrected chi connectivity index (χ2v) is 5.29. The van der Waals surface area contributed by atoms with E-state index < -0.39 is 0 Å². The lowest BCUT2D eigenvalue weighted by molar-refractivity contribution is -0.119. The van der Waals surface area contributed by atoms with Crippen molar-refractivity contribution >= 4 is 33.6 Å². The summed E-state index contributed by atoms with van der Waals surface area (Å²) in [5, 5.41) is 3.06. The molecule has 0 saturated carbocycles. The van der Waals surface area contributed by atoms with Crippen LogP contribution in [0, 0.1) is 0 Å². The Morgan fingerprint density at radius 3 is 2.62 bits per heavy atom. The molecule has 0 heterocycles. The average molecular weight is 303 g/mol. The van der Waals surface area contributed by atoms with Crippen LogP contribution in [0.1, 0.15) is 6.92 Å². The zero-order chi connectivity index (χ0) is 12.0. The molecule has 0 aliphatic carbocycles. The molecule has 3 N–H and O–H groups in total. The molecule has 1 atom stereocenters. The number of carbonyl (C=O) groups is 1. The Morgan fingerprint density at radius 1 is 1.50 bits per heavy atom. The van der Waals surface area contributed by atoms with E-state index in [1.165, 1.54) is 0 Å². The number of amides is 1. The van der Waals surface area contributed by atoms with Gasteiger partial charge in [0.15, 0.2) is 0 Å². The van der Waals surface area contributed by atoms with Crippen molar-refractivity contribution in [2.45, 2.75) is 17.9 Å². The lowest BCUT2D eigenvalue weighted by atomic mass is 10.3. The maximum Gasteiger partial charge on any atom is 0.235 e. The van der Waals surface area contributed by atoms with E-state index in [1.807, 2.05) is 31.2 Å². The van der Waals surface area contributed by atoms with Gasteiger partial charge in [-0.2, -0.15) is 0 Å². The summed E-state index contributed by atoms with van der Waals surface area (Å²) in [4.78, 5) is 12.2. The molecule has 5 heteroatoms. The van der Waals surface area contributed by atoms with Crippen molar-refractivity contribution in [1.29, 1.82) is 0 Å². The second-order valence-electron chi connectivity index (χ2n) is 3.28. The Bertz CT molecular complexity index is 342. The highest BCUT2D eigenvalue weighted by atomic mass is 79.9. The Morgan fingerprint density at radius 2 is 2.12 bits per heavy atom. The molecule has 1 aromatic rings. The van der Waals surface area contributed by atoms with E-state index in [1.54, 1.807) is 11.8 Å². The van der Waals surface area contributed by atoms with E-state index in [2.05, 4.69) is 21.2 Å². The second kappa shape index (κ2) is 6.93. The molecule has 0 aliphatic heterocycles. The fourth-order valence-corrected chi connectivity index (χ4v) is 2.43. The largest absolute Gasteiger partial charge is 0.368 e. The van der Waals surface area contributed by atoms with Gasteiger partial charge >= 0.3 is 0 Å². The van der Waals surface area contributed by atoms with Crippen LogP contribution >= 0.6 is 27.7 Å². The third-order valence-corrected chi connectivity index (χ3v) is 3.66. The van der Waals surface area contributed by atoms with E-state index >= 15 is 0 Å². The van der Waals surface area contributed by atoms with Crippen LogP contribution in [0.3, 0.4) is 0 Å². The number of benzene rings is 1. The zero-order valence-electron chi connectivity index (χ0n) is 9.07. The zero-order valence-corrected chi connectivity index (χ0v) is 11.5. The molecule has 88 valence electrons. The maximum absolute atomic E-state index is 11.1. The molecule has 1 unspecified atom stereocenters. The van der Waals surface area contributed by atoms with Crippen molar-refractivity contribution in [1.82, 2.24) is 5.32 Å². The minimum Gasteiger partial charge on any atom is -0.368 e. The van der Waals surface area contributed by atoms with E-state index in [-0.39, 0.29) is 11.9 Å². The lowest BCUT2D eigenvalue weighted by Crippen LogP contribution is -2.42. The van der Waals surface area contributed by atoms with Crippen molar-refractivity contribution in [2.75, 3.05) is 12.3 Å². The summed E-state index contributed by atoms with van der Waals surface area (Å²) >= 11 is 5.00. The Kier molecular flexibility index (Phi) is 5.87. The highest BCUT2D eigenvalue weighted by Gasteiger charge is 2.13. The average Bonchev–Trinajstić information content (AvgIpc) is 2.26. The molecule has 0 fully saturated rings. The first kappa shape index (κ1) is 13.5. The van der Waals surface area contributed by atoms with E-state index in [4.69, 9.17) is 5.73 Å². The number of halogens is 1. The first-order valence-electron chi connectivity index (χ1n) is 5.04. The van der Waals surface area contributed by atoms with E-state index in [0.717, 1.165) is 15.9 Å². The van der Waals surface area contributed by atoms with Crippen LogP contribution in [-0.2, 0) is 4.79 Å². The van der Waals surface area contributed by atoms with Crippen molar-refractivity contribution in [3.05, 3.63) is 28.7 Å². The van der Waals surface area contributed by atoms with Crippen LogP contribution in [0.15, 0.2) is 33.6 Å². The normalized spacial score (nSPS) is 12.4. The summed E-state index contributed by atoms with van der Waals surface area (Å²) in [7, 11) is 0. The number of primary amides is 1. The van der Waals surface area contributed by atoms with Gasteiger partial charge in [0.05, 0.1) is 6.04 Å². The molecule has 0 spiro atoms. The van der Waals surface area contributed by atoms with Gasteiger partial charge in [0.1, 0.15) is 0 Å². The molecule has 0 bridgehead atoms. The molecule has 16 heavy (non-hydrogen) atoms. The van der Waals surface area contributed by atoms with Crippen LogP contribution in [-0.4, -0.2) is 24.2 Å². The fraction of sp³-hybridized carbons (Fsp3) is 0.364. The SMILES string of the molecule is CCNC(CSc1ccc(Br)cc1)C(N)=O. The summed E-state index contributed by atoms with van der Waals surface area (Å²) in [5.41, 5.74) is 5.29. The molecule has 1 aromatic carbocycles. The number of nitrogens with one attached hydrogen (secondary N) is 1.